The summed E-state index contributed by atoms with van der Waals surface area (Å²) in [7, 11) is 0. The first-order valence-corrected chi connectivity index (χ1v) is 14.0. The van der Waals surface area contributed by atoms with Crippen molar-refractivity contribution < 1.29 is 13.5 Å². The molecule has 0 N–H and O–H groups in total. The van der Waals surface area contributed by atoms with Crippen molar-refractivity contribution in [1.82, 2.24) is 9.80 Å². The van der Waals surface area contributed by atoms with E-state index in [2.05, 4.69) is 4.90 Å². The van der Waals surface area contributed by atoms with Gasteiger partial charge >= 0.3 is 0 Å². The molecule has 9 heteroatoms. The van der Waals surface area contributed by atoms with Gasteiger partial charge in [-0.15, -0.1) is 0 Å². The zero-order valence-corrected chi connectivity index (χ0v) is 24.1. The molecule has 40 heavy (non-hydrogen) atoms. The number of hydrogen-bond acceptors (Lipinski definition) is 3. The fourth-order valence-corrected chi connectivity index (χ4v) is 5.56. The molecule has 0 radical (unpaired) electrons. The van der Waals surface area contributed by atoms with Crippen LogP contribution in [0.25, 0.3) is 0 Å². The highest BCUT2D eigenvalue weighted by molar-refractivity contribution is 6.35. The highest BCUT2D eigenvalue weighted by Crippen LogP contribution is 2.36. The quantitative estimate of drug-likeness (QED) is 0.137. The second kappa shape index (κ2) is 12.8. The molecule has 1 aliphatic rings. The lowest BCUT2D eigenvalue weighted by Gasteiger charge is -2.34. The Morgan fingerprint density at radius 1 is 0.675 bits per heavy atom. The van der Waals surface area contributed by atoms with E-state index in [0.29, 0.717) is 21.7 Å². The molecule has 3 nitrogen and oxygen atoms in total. The fraction of sp³-hybridized carbons (Fsp3) is 0.161. The van der Waals surface area contributed by atoms with Crippen molar-refractivity contribution in [3.63, 3.8) is 0 Å². The first-order chi connectivity index (χ1) is 19.3. The third-order valence-electron chi connectivity index (χ3n) is 6.68. The van der Waals surface area contributed by atoms with Gasteiger partial charge in [0.1, 0.15) is 23.2 Å². The molecular formula is C31H24Cl4F2N2O. The summed E-state index contributed by atoms with van der Waals surface area (Å²) < 4.78 is 33.8. The molecule has 1 heterocycles. The predicted molar refractivity (Wildman–Crippen MR) is 157 cm³/mol. The predicted octanol–water partition coefficient (Wildman–Crippen LogP) is 9.58. The van der Waals surface area contributed by atoms with Crippen molar-refractivity contribution in [3.05, 3.63) is 152 Å². The average molecular weight is 620 g/mol. The maximum Gasteiger partial charge on any atom is 0.135 e. The molecule has 4 aromatic rings. The van der Waals surface area contributed by atoms with Crippen molar-refractivity contribution >= 4 is 46.4 Å². The van der Waals surface area contributed by atoms with Crippen LogP contribution in [0, 0.1) is 11.6 Å². The van der Waals surface area contributed by atoms with E-state index >= 15 is 0 Å². The standard InChI is InChI=1S/C31H24Cl4F2N2O/c32-24-8-1-22(2-9-24)30(40-18-23-3-10-25(33)17-28(23)34)31(35)39-16-15-38(19-39)29(20-4-11-26(36)12-5-20)21-6-13-27(37)14-7-21/h1-17,29-31H,18-19H2. The molecule has 0 fully saturated rings. The van der Waals surface area contributed by atoms with Crippen LogP contribution in [-0.4, -0.2) is 22.0 Å². The first kappa shape index (κ1) is 28.7. The highest BCUT2D eigenvalue weighted by atomic mass is 35.5. The van der Waals surface area contributed by atoms with Crippen molar-refractivity contribution in [1.29, 1.82) is 0 Å². The Morgan fingerprint density at radius 2 is 1.20 bits per heavy atom. The highest BCUT2D eigenvalue weighted by Gasteiger charge is 2.32. The molecule has 0 bridgehead atoms. The third-order valence-corrected chi connectivity index (χ3v) is 8.00. The maximum absolute atomic E-state index is 13.7. The molecule has 0 saturated carbocycles. The molecule has 2 unspecified atom stereocenters. The van der Waals surface area contributed by atoms with E-state index in [0.717, 1.165) is 22.3 Å². The van der Waals surface area contributed by atoms with E-state index in [1.165, 1.54) is 24.3 Å². The van der Waals surface area contributed by atoms with Crippen LogP contribution in [-0.2, 0) is 11.3 Å². The lowest BCUT2D eigenvalue weighted by atomic mass is 9.97. The topological polar surface area (TPSA) is 15.7 Å². The Morgan fingerprint density at radius 3 is 1.77 bits per heavy atom. The van der Waals surface area contributed by atoms with Gasteiger partial charge < -0.3 is 14.5 Å². The van der Waals surface area contributed by atoms with Crippen molar-refractivity contribution in [2.24, 2.45) is 0 Å². The number of ether oxygens (including phenoxy) is 1. The molecule has 2 atom stereocenters. The molecule has 0 amide bonds. The van der Waals surface area contributed by atoms with Crippen LogP contribution in [0.15, 0.2) is 103 Å². The lowest BCUT2D eigenvalue weighted by Crippen LogP contribution is -2.37. The zero-order chi connectivity index (χ0) is 28.2. The van der Waals surface area contributed by atoms with E-state index in [9.17, 15) is 8.78 Å². The Hall–Kier alpha value is -2.80. The summed E-state index contributed by atoms with van der Waals surface area (Å²) in [5.41, 5.74) is 2.72. The molecule has 0 aliphatic carbocycles. The van der Waals surface area contributed by atoms with E-state index in [1.807, 2.05) is 35.5 Å². The molecular weight excluding hydrogens is 596 g/mol. The van der Waals surface area contributed by atoms with Crippen LogP contribution < -0.4 is 0 Å². The molecule has 0 saturated heterocycles. The monoisotopic (exact) mass is 618 g/mol. The summed E-state index contributed by atoms with van der Waals surface area (Å²) in [5.74, 6) is -0.658. The summed E-state index contributed by atoms with van der Waals surface area (Å²) in [4.78, 5) is 4.01. The van der Waals surface area contributed by atoms with Crippen molar-refractivity contribution in [2.75, 3.05) is 6.67 Å². The van der Waals surface area contributed by atoms with Gasteiger partial charge in [-0.25, -0.2) is 8.78 Å². The largest absolute Gasteiger partial charge is 0.365 e. The Balaban J connectivity index is 1.39. The van der Waals surface area contributed by atoms with Gasteiger partial charge in [0.15, 0.2) is 0 Å². The zero-order valence-electron chi connectivity index (χ0n) is 21.0. The van der Waals surface area contributed by atoms with Crippen LogP contribution >= 0.6 is 46.4 Å². The molecule has 5 rings (SSSR count). The van der Waals surface area contributed by atoms with Crippen LogP contribution in [0.4, 0.5) is 8.78 Å². The van der Waals surface area contributed by atoms with E-state index in [-0.39, 0.29) is 24.3 Å². The fourth-order valence-electron chi connectivity index (χ4n) is 4.63. The number of rotatable bonds is 9. The first-order valence-electron chi connectivity index (χ1n) is 12.4. The minimum absolute atomic E-state index is 0.210. The van der Waals surface area contributed by atoms with Crippen LogP contribution in [0.1, 0.15) is 34.4 Å². The molecule has 206 valence electrons. The summed E-state index contributed by atoms with van der Waals surface area (Å²) in [5, 5.41) is 1.64. The summed E-state index contributed by atoms with van der Waals surface area (Å²) in [6.07, 6.45) is 3.26. The molecule has 0 spiro atoms. The van der Waals surface area contributed by atoms with Gasteiger partial charge in [0.25, 0.3) is 0 Å². The number of alkyl halides is 1. The molecule has 1 aliphatic heterocycles. The Bertz CT molecular complexity index is 1420. The normalized spacial score (nSPS) is 14.7. The maximum atomic E-state index is 13.7. The Kier molecular flexibility index (Phi) is 9.19. The second-order valence-electron chi connectivity index (χ2n) is 9.37. The van der Waals surface area contributed by atoms with Gasteiger partial charge in [0.05, 0.1) is 19.3 Å². The van der Waals surface area contributed by atoms with Gasteiger partial charge in [-0.05, 0) is 70.8 Å². The lowest BCUT2D eigenvalue weighted by molar-refractivity contribution is 0.00582. The van der Waals surface area contributed by atoms with E-state index < -0.39 is 11.6 Å². The van der Waals surface area contributed by atoms with Gasteiger partial charge in [-0.1, -0.05) is 88.9 Å². The number of halogens is 6. The van der Waals surface area contributed by atoms with Crippen LogP contribution in [0.2, 0.25) is 15.1 Å². The van der Waals surface area contributed by atoms with Gasteiger partial charge in [0, 0.05) is 27.5 Å². The number of benzene rings is 4. The minimum Gasteiger partial charge on any atom is -0.365 e. The summed E-state index contributed by atoms with van der Waals surface area (Å²) >= 11 is 25.7. The van der Waals surface area contributed by atoms with Gasteiger partial charge in [0.2, 0.25) is 0 Å². The number of hydrogen-bond donors (Lipinski definition) is 0. The van der Waals surface area contributed by atoms with Gasteiger partial charge in [-0.3, -0.25) is 0 Å². The molecule has 4 aromatic carbocycles. The van der Waals surface area contributed by atoms with E-state index in [4.69, 9.17) is 51.1 Å². The van der Waals surface area contributed by atoms with Crippen molar-refractivity contribution in [3.8, 4) is 0 Å². The third kappa shape index (κ3) is 6.73. The van der Waals surface area contributed by atoms with Crippen LogP contribution in [0.3, 0.4) is 0 Å². The number of nitrogens with zero attached hydrogens (tertiary/aromatic N) is 2. The Labute approximate surface area is 252 Å². The van der Waals surface area contributed by atoms with Gasteiger partial charge in [-0.2, -0.15) is 0 Å². The SMILES string of the molecule is Fc1ccc(C(c2ccc(F)cc2)N2C=CN(C(Cl)C(OCc3ccc(Cl)cc3Cl)c3ccc(Cl)cc3)C2)cc1. The minimum atomic E-state index is -0.615. The summed E-state index contributed by atoms with van der Waals surface area (Å²) in [6, 6.07) is 24.9. The smallest absolute Gasteiger partial charge is 0.135 e. The van der Waals surface area contributed by atoms with Crippen molar-refractivity contribution in [2.45, 2.75) is 24.3 Å². The molecule has 0 aromatic heterocycles. The summed E-state index contributed by atoms with van der Waals surface area (Å²) in [6.45, 7) is 0.615. The van der Waals surface area contributed by atoms with Crippen LogP contribution in [0.5, 0.6) is 0 Å². The average Bonchev–Trinajstić information content (AvgIpc) is 3.43. The second-order valence-corrected chi connectivity index (χ2v) is 11.1. The van der Waals surface area contributed by atoms with E-state index in [1.54, 1.807) is 48.5 Å².